The van der Waals surface area contributed by atoms with E-state index in [1.807, 2.05) is 30.3 Å². The third-order valence-corrected chi connectivity index (χ3v) is 2.92. The van der Waals surface area contributed by atoms with Crippen molar-refractivity contribution in [3.05, 3.63) is 35.9 Å². The molecule has 1 rings (SSSR count). The fourth-order valence-corrected chi connectivity index (χ4v) is 1.61. The Bertz CT molecular complexity index is 524. The fraction of sp³-hybridized carbons (Fsp3) is 0.400. The zero-order valence-electron chi connectivity index (χ0n) is 13.2. The van der Waals surface area contributed by atoms with E-state index in [1.165, 1.54) is 0 Å². The van der Waals surface area contributed by atoms with Crippen LogP contribution in [0.4, 0.5) is 4.79 Å². The summed E-state index contributed by atoms with van der Waals surface area (Å²) in [6.45, 7) is 0.357. The predicted molar refractivity (Wildman–Crippen MR) is 88.2 cm³/mol. The zero-order valence-corrected chi connectivity index (χ0v) is 13.2. The van der Waals surface area contributed by atoms with Crippen LogP contribution in [0.5, 0.6) is 0 Å². The molecule has 0 saturated carbocycles. The van der Waals surface area contributed by atoms with Crippen LogP contribution < -0.4 is 22.5 Å². The van der Waals surface area contributed by atoms with Crippen LogP contribution in [0.25, 0.3) is 0 Å². The maximum absolute atomic E-state index is 10.4. The van der Waals surface area contributed by atoms with Crippen molar-refractivity contribution in [2.75, 3.05) is 6.54 Å². The third-order valence-electron chi connectivity index (χ3n) is 2.92. The molecule has 24 heavy (non-hydrogen) atoms. The van der Waals surface area contributed by atoms with Crippen LogP contribution in [-0.4, -0.2) is 46.8 Å². The third kappa shape index (κ3) is 11.0. The summed E-state index contributed by atoms with van der Waals surface area (Å²) in [7, 11) is 0. The van der Waals surface area contributed by atoms with Gasteiger partial charge in [-0.05, 0) is 24.8 Å². The first kappa shape index (κ1) is 21.4. The number of carbonyl (C=O) groups excluding carboxylic acids is 1. The minimum atomic E-state index is -1.03. The van der Waals surface area contributed by atoms with E-state index in [0.29, 0.717) is 25.8 Å². The van der Waals surface area contributed by atoms with Crippen LogP contribution in [-0.2, 0) is 16.0 Å². The minimum Gasteiger partial charge on any atom is -0.480 e. The van der Waals surface area contributed by atoms with E-state index in [2.05, 4.69) is 5.32 Å². The van der Waals surface area contributed by atoms with Crippen LogP contribution in [0.1, 0.15) is 18.4 Å². The van der Waals surface area contributed by atoms with Crippen molar-refractivity contribution in [2.24, 2.45) is 17.2 Å². The first-order valence-corrected chi connectivity index (χ1v) is 7.28. The van der Waals surface area contributed by atoms with E-state index in [0.717, 1.165) is 5.56 Å². The number of aliphatic carboxylic acids is 2. The summed E-state index contributed by atoms with van der Waals surface area (Å²) in [6, 6.07) is 7.07. The number of carboxylic acids is 2. The van der Waals surface area contributed by atoms with Crippen molar-refractivity contribution in [1.29, 1.82) is 0 Å². The molecule has 1 unspecified atom stereocenters. The molecule has 0 aromatic heterocycles. The van der Waals surface area contributed by atoms with Crippen LogP contribution in [0.15, 0.2) is 30.3 Å². The van der Waals surface area contributed by atoms with Gasteiger partial charge in [0.05, 0.1) is 0 Å². The molecule has 0 spiro atoms. The van der Waals surface area contributed by atoms with Gasteiger partial charge < -0.3 is 32.7 Å². The number of nitrogens with one attached hydrogen (secondary N) is 1. The van der Waals surface area contributed by atoms with Gasteiger partial charge in [0.25, 0.3) is 0 Å². The van der Waals surface area contributed by atoms with Gasteiger partial charge in [0.1, 0.15) is 12.1 Å². The molecule has 0 heterocycles. The maximum atomic E-state index is 10.4. The van der Waals surface area contributed by atoms with E-state index in [-0.39, 0.29) is 0 Å². The van der Waals surface area contributed by atoms with E-state index in [1.54, 1.807) is 0 Å². The molecule has 0 fully saturated rings. The van der Waals surface area contributed by atoms with Crippen molar-refractivity contribution >= 4 is 18.0 Å². The quantitative estimate of drug-likeness (QED) is 0.344. The number of rotatable bonds is 8. The second-order valence-corrected chi connectivity index (χ2v) is 5.01. The normalized spacial score (nSPS) is 12.2. The molecule has 9 N–H and O–H groups in total. The molecular weight excluding hydrogens is 316 g/mol. The number of hydrogen-bond acceptors (Lipinski definition) is 5. The zero-order chi connectivity index (χ0) is 18.5. The lowest BCUT2D eigenvalue weighted by Gasteiger charge is -2.05. The Morgan fingerprint density at radius 2 is 1.54 bits per heavy atom. The van der Waals surface area contributed by atoms with Gasteiger partial charge in [0.15, 0.2) is 0 Å². The molecule has 0 aliphatic rings. The lowest BCUT2D eigenvalue weighted by Crippen LogP contribution is -2.33. The molecular formula is C15H24N4O5. The largest absolute Gasteiger partial charge is 0.480 e. The minimum absolute atomic E-state index is 0.329. The topological polar surface area (TPSA) is 182 Å². The standard InChI is InChI=1S/C9H11NO2.C6H13N3O3/c10-8(9(11)12)6-7-4-2-1-3-5-7;7-4(5(10)11)2-1-3-9-6(8)12/h1-5,8H,6,10H2,(H,11,12);4H,1-3,7H2,(H,10,11)(H3,8,9,12)/t;4-/m.0/s1. The number of primary amides is 1. The number of nitrogens with two attached hydrogens (primary N) is 3. The summed E-state index contributed by atoms with van der Waals surface area (Å²) in [5, 5.41) is 19.2. The summed E-state index contributed by atoms with van der Waals surface area (Å²) in [5.41, 5.74) is 16.3. The second-order valence-electron chi connectivity index (χ2n) is 5.01. The lowest BCUT2D eigenvalue weighted by atomic mass is 10.1. The Balaban J connectivity index is 0.000000441. The molecule has 1 aromatic carbocycles. The fourth-order valence-electron chi connectivity index (χ4n) is 1.61. The molecule has 0 aliphatic heterocycles. The van der Waals surface area contributed by atoms with Crippen molar-refractivity contribution in [3.8, 4) is 0 Å². The van der Waals surface area contributed by atoms with E-state index in [9.17, 15) is 14.4 Å². The number of amides is 2. The highest BCUT2D eigenvalue weighted by molar-refractivity contribution is 5.73. The maximum Gasteiger partial charge on any atom is 0.320 e. The number of urea groups is 1. The number of carbonyl (C=O) groups is 3. The van der Waals surface area contributed by atoms with Crippen molar-refractivity contribution < 1.29 is 24.6 Å². The van der Waals surface area contributed by atoms with Crippen molar-refractivity contribution in [2.45, 2.75) is 31.3 Å². The molecule has 0 saturated heterocycles. The Morgan fingerprint density at radius 1 is 1.00 bits per heavy atom. The van der Waals surface area contributed by atoms with Gasteiger partial charge in [0.2, 0.25) is 0 Å². The first-order valence-electron chi connectivity index (χ1n) is 7.28. The van der Waals surface area contributed by atoms with Crippen LogP contribution >= 0.6 is 0 Å². The van der Waals surface area contributed by atoms with E-state index < -0.39 is 30.1 Å². The summed E-state index contributed by atoms with van der Waals surface area (Å²) in [5.74, 6) is -1.99. The van der Waals surface area contributed by atoms with Gasteiger partial charge in [-0.15, -0.1) is 0 Å². The monoisotopic (exact) mass is 340 g/mol. The first-order chi connectivity index (χ1) is 11.2. The molecule has 1 aromatic rings. The second kappa shape index (κ2) is 11.9. The SMILES string of the molecule is NC(=O)NCCC[C@H](N)C(=O)O.NC(Cc1ccccc1)C(=O)O. The van der Waals surface area contributed by atoms with Gasteiger partial charge in [-0.25, -0.2) is 4.79 Å². The highest BCUT2D eigenvalue weighted by Crippen LogP contribution is 2.01. The summed E-state index contributed by atoms with van der Waals surface area (Å²) in [6.07, 6.45) is 1.22. The summed E-state index contributed by atoms with van der Waals surface area (Å²) >= 11 is 0. The van der Waals surface area contributed by atoms with Crippen molar-refractivity contribution in [3.63, 3.8) is 0 Å². The van der Waals surface area contributed by atoms with Gasteiger partial charge >= 0.3 is 18.0 Å². The molecule has 9 heteroatoms. The van der Waals surface area contributed by atoms with Crippen molar-refractivity contribution in [1.82, 2.24) is 5.32 Å². The van der Waals surface area contributed by atoms with Crippen LogP contribution in [0.3, 0.4) is 0 Å². The molecule has 0 bridgehead atoms. The smallest absolute Gasteiger partial charge is 0.320 e. The number of hydrogen-bond donors (Lipinski definition) is 6. The Kier molecular flexibility index (Phi) is 10.5. The Labute approximate surface area is 139 Å². The average molecular weight is 340 g/mol. The van der Waals surface area contributed by atoms with Crippen LogP contribution in [0.2, 0.25) is 0 Å². The molecule has 0 aliphatic carbocycles. The van der Waals surface area contributed by atoms with E-state index >= 15 is 0 Å². The number of carboxylic acid groups (broad SMARTS) is 2. The highest BCUT2D eigenvalue weighted by atomic mass is 16.4. The average Bonchev–Trinajstić information content (AvgIpc) is 2.52. The van der Waals surface area contributed by atoms with Gasteiger partial charge in [-0.1, -0.05) is 30.3 Å². The lowest BCUT2D eigenvalue weighted by molar-refractivity contribution is -0.139. The molecule has 2 atom stereocenters. The molecule has 2 amide bonds. The molecule has 0 radical (unpaired) electrons. The summed E-state index contributed by atoms with van der Waals surface area (Å²) in [4.78, 5) is 30.7. The molecule has 9 nitrogen and oxygen atoms in total. The van der Waals surface area contributed by atoms with Gasteiger partial charge in [-0.2, -0.15) is 0 Å². The van der Waals surface area contributed by atoms with E-state index in [4.69, 9.17) is 27.4 Å². The summed E-state index contributed by atoms with van der Waals surface area (Å²) < 4.78 is 0. The Hall–Kier alpha value is -2.65. The molecule has 134 valence electrons. The van der Waals surface area contributed by atoms with Crippen LogP contribution in [0, 0.1) is 0 Å². The number of benzene rings is 1. The Morgan fingerprint density at radius 3 is 2.00 bits per heavy atom. The predicted octanol–water partition coefficient (Wildman–Crippen LogP) is -0.512. The van der Waals surface area contributed by atoms with Gasteiger partial charge in [0, 0.05) is 6.54 Å². The van der Waals surface area contributed by atoms with Gasteiger partial charge in [-0.3, -0.25) is 9.59 Å². The highest BCUT2D eigenvalue weighted by Gasteiger charge is 2.11.